The molecule has 3 N–H and O–H groups in total. The lowest BCUT2D eigenvalue weighted by molar-refractivity contribution is 0.324. The van der Waals surface area contributed by atoms with Gasteiger partial charge in [0, 0.05) is 17.5 Å². The minimum absolute atomic E-state index is 0.253. The third-order valence-corrected chi connectivity index (χ3v) is 3.98. The first-order chi connectivity index (χ1) is 9.15. The Hall–Kier alpha value is -1.74. The quantitative estimate of drug-likeness (QED) is 0.641. The minimum Gasteiger partial charge on any atom is -0.505 e. The molecule has 0 unspecified atom stereocenters. The van der Waals surface area contributed by atoms with Crippen molar-refractivity contribution in [2.75, 3.05) is 18.8 Å². The highest BCUT2D eigenvalue weighted by Gasteiger charge is 2.16. The van der Waals surface area contributed by atoms with Gasteiger partial charge in [-0.3, -0.25) is 4.90 Å². The minimum atomic E-state index is 0.253. The molecule has 19 heavy (non-hydrogen) atoms. The molecule has 1 aliphatic heterocycles. The molecule has 1 heterocycles. The van der Waals surface area contributed by atoms with E-state index in [9.17, 15) is 5.11 Å². The molecule has 0 saturated carbocycles. The molecule has 0 atom stereocenters. The highest BCUT2D eigenvalue weighted by molar-refractivity contribution is 5.97. The molecule has 1 fully saturated rings. The average molecular weight is 256 g/mol. The Kier molecular flexibility index (Phi) is 3.07. The molecular formula is C16H20N2O. The van der Waals surface area contributed by atoms with Crippen molar-refractivity contribution >= 4 is 16.5 Å². The molecule has 0 aliphatic carbocycles. The maximum Gasteiger partial charge on any atom is 0.143 e. The molecule has 0 spiro atoms. The molecular weight excluding hydrogens is 236 g/mol. The Morgan fingerprint density at radius 1 is 1.21 bits per heavy atom. The molecule has 0 amide bonds. The molecule has 1 saturated heterocycles. The van der Waals surface area contributed by atoms with Crippen LogP contribution in [0.4, 0.5) is 5.69 Å². The van der Waals surface area contributed by atoms with Crippen molar-refractivity contribution in [3.05, 3.63) is 35.4 Å². The van der Waals surface area contributed by atoms with E-state index in [4.69, 9.17) is 5.73 Å². The van der Waals surface area contributed by atoms with Crippen molar-refractivity contribution in [1.29, 1.82) is 0 Å². The van der Waals surface area contributed by atoms with E-state index in [0.29, 0.717) is 5.69 Å². The van der Waals surface area contributed by atoms with Gasteiger partial charge in [0.15, 0.2) is 0 Å². The number of benzene rings is 2. The van der Waals surface area contributed by atoms with E-state index in [1.807, 2.05) is 12.1 Å². The number of aromatic hydroxyl groups is 1. The number of aryl methyl sites for hydroxylation is 1. The number of rotatable bonds is 2. The van der Waals surface area contributed by atoms with Crippen molar-refractivity contribution in [3.8, 4) is 5.75 Å². The van der Waals surface area contributed by atoms with Gasteiger partial charge in [0.1, 0.15) is 5.75 Å². The van der Waals surface area contributed by atoms with Gasteiger partial charge in [-0.25, -0.2) is 0 Å². The van der Waals surface area contributed by atoms with Crippen molar-refractivity contribution in [2.45, 2.75) is 26.3 Å². The lowest BCUT2D eigenvalue weighted by Gasteiger charge is -2.17. The Morgan fingerprint density at radius 3 is 2.68 bits per heavy atom. The first-order valence-corrected chi connectivity index (χ1v) is 6.88. The van der Waals surface area contributed by atoms with Gasteiger partial charge in [0.2, 0.25) is 0 Å². The van der Waals surface area contributed by atoms with Crippen LogP contribution in [-0.2, 0) is 6.54 Å². The Morgan fingerprint density at radius 2 is 1.95 bits per heavy atom. The highest BCUT2D eigenvalue weighted by atomic mass is 16.3. The summed E-state index contributed by atoms with van der Waals surface area (Å²) in [5.41, 5.74) is 8.74. The molecule has 1 aliphatic rings. The van der Waals surface area contributed by atoms with Gasteiger partial charge in [-0.2, -0.15) is 0 Å². The van der Waals surface area contributed by atoms with Crippen LogP contribution in [0.25, 0.3) is 10.8 Å². The third-order valence-electron chi connectivity index (χ3n) is 3.98. The van der Waals surface area contributed by atoms with Crippen LogP contribution >= 0.6 is 0 Å². The van der Waals surface area contributed by atoms with E-state index >= 15 is 0 Å². The van der Waals surface area contributed by atoms with Gasteiger partial charge in [0.25, 0.3) is 0 Å². The summed E-state index contributed by atoms with van der Waals surface area (Å²) in [4.78, 5) is 2.37. The van der Waals surface area contributed by atoms with Crippen LogP contribution in [0.1, 0.15) is 24.0 Å². The predicted molar refractivity (Wildman–Crippen MR) is 79.3 cm³/mol. The second-order valence-corrected chi connectivity index (χ2v) is 5.51. The van der Waals surface area contributed by atoms with Crippen LogP contribution in [0.5, 0.6) is 5.75 Å². The maximum absolute atomic E-state index is 10.3. The van der Waals surface area contributed by atoms with Gasteiger partial charge in [-0.15, -0.1) is 0 Å². The van der Waals surface area contributed by atoms with Crippen molar-refractivity contribution in [2.24, 2.45) is 0 Å². The topological polar surface area (TPSA) is 49.5 Å². The summed E-state index contributed by atoms with van der Waals surface area (Å²) >= 11 is 0. The molecule has 0 aromatic heterocycles. The van der Waals surface area contributed by atoms with E-state index in [0.717, 1.165) is 36.0 Å². The molecule has 3 rings (SSSR count). The number of phenols is 1. The normalized spacial score (nSPS) is 16.3. The summed E-state index contributed by atoms with van der Waals surface area (Å²) in [5.74, 6) is 0.253. The fourth-order valence-electron chi connectivity index (χ4n) is 2.91. The summed E-state index contributed by atoms with van der Waals surface area (Å²) in [6.45, 7) is 5.10. The molecule has 3 heteroatoms. The largest absolute Gasteiger partial charge is 0.505 e. The first kappa shape index (κ1) is 12.3. The van der Waals surface area contributed by atoms with Crippen molar-refractivity contribution in [3.63, 3.8) is 0 Å². The van der Waals surface area contributed by atoms with Crippen molar-refractivity contribution in [1.82, 2.24) is 4.90 Å². The van der Waals surface area contributed by atoms with E-state index < -0.39 is 0 Å². The lowest BCUT2D eigenvalue weighted by Crippen LogP contribution is -2.18. The summed E-state index contributed by atoms with van der Waals surface area (Å²) in [6.07, 6.45) is 2.51. The van der Waals surface area contributed by atoms with Crippen molar-refractivity contribution < 1.29 is 5.11 Å². The summed E-state index contributed by atoms with van der Waals surface area (Å²) in [7, 11) is 0. The average Bonchev–Trinajstić information content (AvgIpc) is 2.88. The molecule has 100 valence electrons. The van der Waals surface area contributed by atoms with Gasteiger partial charge in [0.05, 0.1) is 5.69 Å². The Bertz CT molecular complexity index is 616. The number of likely N-dealkylation sites (tertiary alicyclic amines) is 1. The van der Waals surface area contributed by atoms with Gasteiger partial charge >= 0.3 is 0 Å². The Balaban J connectivity index is 2.05. The van der Waals surface area contributed by atoms with Gasteiger partial charge < -0.3 is 10.8 Å². The van der Waals surface area contributed by atoms with E-state index in [1.54, 1.807) is 0 Å². The summed E-state index contributed by atoms with van der Waals surface area (Å²) < 4.78 is 0. The zero-order chi connectivity index (χ0) is 13.4. The molecule has 0 bridgehead atoms. The van der Waals surface area contributed by atoms with E-state index in [1.165, 1.54) is 18.4 Å². The SMILES string of the molecule is Cc1ccc2c(N)c(O)c(CN3CCCC3)cc2c1. The van der Waals surface area contributed by atoms with Gasteiger partial charge in [-0.1, -0.05) is 23.8 Å². The number of nitrogens with zero attached hydrogens (tertiary/aromatic N) is 1. The maximum atomic E-state index is 10.3. The lowest BCUT2D eigenvalue weighted by atomic mass is 10.0. The molecule has 2 aromatic carbocycles. The standard InChI is InChI=1S/C16H20N2O/c1-11-4-5-14-12(8-11)9-13(16(19)15(14)17)10-18-6-2-3-7-18/h4-5,8-9,19H,2-3,6-7,10,17H2,1H3. The number of anilines is 1. The molecule has 0 radical (unpaired) electrons. The number of nitrogen functional groups attached to an aromatic ring is 1. The van der Waals surface area contributed by atoms with E-state index in [-0.39, 0.29) is 5.75 Å². The second-order valence-electron chi connectivity index (χ2n) is 5.51. The monoisotopic (exact) mass is 256 g/mol. The fourth-order valence-corrected chi connectivity index (χ4v) is 2.91. The number of nitrogens with two attached hydrogens (primary N) is 1. The van der Waals surface area contributed by atoms with E-state index in [2.05, 4.69) is 24.0 Å². The van der Waals surface area contributed by atoms with Gasteiger partial charge in [-0.05, 0) is 44.3 Å². The van der Waals surface area contributed by atoms with Crippen LogP contribution in [-0.4, -0.2) is 23.1 Å². The number of hydrogen-bond donors (Lipinski definition) is 2. The third kappa shape index (κ3) is 2.26. The highest BCUT2D eigenvalue weighted by Crippen LogP contribution is 2.35. The van der Waals surface area contributed by atoms with Crippen LogP contribution in [0.15, 0.2) is 24.3 Å². The fraction of sp³-hybridized carbons (Fsp3) is 0.375. The smallest absolute Gasteiger partial charge is 0.143 e. The predicted octanol–water partition coefficient (Wildman–Crippen LogP) is 3.03. The Labute approximate surface area is 113 Å². The summed E-state index contributed by atoms with van der Waals surface area (Å²) in [6, 6.07) is 8.21. The number of hydrogen-bond acceptors (Lipinski definition) is 3. The zero-order valence-corrected chi connectivity index (χ0v) is 11.3. The summed E-state index contributed by atoms with van der Waals surface area (Å²) in [5, 5.41) is 12.3. The molecule has 2 aromatic rings. The van der Waals surface area contributed by atoms with Crippen LogP contribution < -0.4 is 5.73 Å². The first-order valence-electron chi connectivity index (χ1n) is 6.88. The van der Waals surface area contributed by atoms with Crippen LogP contribution in [0.2, 0.25) is 0 Å². The molecule has 3 nitrogen and oxygen atoms in total. The van der Waals surface area contributed by atoms with Crippen LogP contribution in [0, 0.1) is 6.92 Å². The number of fused-ring (bicyclic) bond motifs is 1. The zero-order valence-electron chi connectivity index (χ0n) is 11.3. The second kappa shape index (κ2) is 4.74. The number of phenolic OH excluding ortho intramolecular Hbond substituents is 1. The van der Waals surface area contributed by atoms with Crippen LogP contribution in [0.3, 0.4) is 0 Å².